The van der Waals surface area contributed by atoms with Gasteiger partial charge in [0.1, 0.15) is 0 Å². The van der Waals surface area contributed by atoms with Crippen molar-refractivity contribution in [2.45, 2.75) is 12.5 Å². The number of carbonyl (C=O) groups is 1. The van der Waals surface area contributed by atoms with Crippen LogP contribution in [0.2, 0.25) is 0 Å². The number of hydrogen-bond acceptors (Lipinski definition) is 5. The fourth-order valence-electron chi connectivity index (χ4n) is 4.18. The first-order chi connectivity index (χ1) is 16.1. The zero-order valence-electron chi connectivity index (χ0n) is 18.5. The van der Waals surface area contributed by atoms with Crippen molar-refractivity contribution in [3.8, 4) is 0 Å². The molecular weight excluding hydrogens is 416 g/mol. The number of nitrogens with one attached hydrogen (secondary N) is 1. The highest BCUT2D eigenvalue weighted by Gasteiger charge is 2.22. The summed E-state index contributed by atoms with van der Waals surface area (Å²) in [7, 11) is 0. The lowest BCUT2D eigenvalue weighted by Gasteiger charge is -2.36. The van der Waals surface area contributed by atoms with Crippen LogP contribution in [0.1, 0.15) is 17.2 Å². The highest BCUT2D eigenvalue weighted by molar-refractivity contribution is 5.78. The fraction of sp³-hybridized carbons (Fsp3) is 0.269. The van der Waals surface area contributed by atoms with Gasteiger partial charge in [0.2, 0.25) is 5.91 Å². The second kappa shape index (κ2) is 10.7. The van der Waals surface area contributed by atoms with Crippen LogP contribution in [0.4, 0.5) is 11.4 Å². The minimum atomic E-state index is -0.388. The zero-order chi connectivity index (χ0) is 23.0. The maximum absolute atomic E-state index is 12.9. The number of hydrogen-bond donors (Lipinski definition) is 1. The molecule has 1 unspecified atom stereocenters. The van der Waals surface area contributed by atoms with Crippen molar-refractivity contribution in [2.24, 2.45) is 0 Å². The summed E-state index contributed by atoms with van der Waals surface area (Å²) < 4.78 is 0. The molecule has 0 aromatic heterocycles. The van der Waals surface area contributed by atoms with Gasteiger partial charge in [-0.05, 0) is 29.7 Å². The van der Waals surface area contributed by atoms with E-state index in [1.54, 1.807) is 12.1 Å². The van der Waals surface area contributed by atoms with Gasteiger partial charge in [-0.2, -0.15) is 0 Å². The molecule has 3 aromatic rings. The average Bonchev–Trinajstić information content (AvgIpc) is 2.85. The number of non-ortho nitro benzene ring substituents is 1. The first kappa shape index (κ1) is 22.5. The van der Waals surface area contributed by atoms with Gasteiger partial charge in [0, 0.05) is 44.0 Å². The lowest BCUT2D eigenvalue weighted by atomic mass is 9.99. The summed E-state index contributed by atoms with van der Waals surface area (Å²) in [5, 5.41) is 14.1. The van der Waals surface area contributed by atoms with Crippen molar-refractivity contribution in [1.82, 2.24) is 10.2 Å². The summed E-state index contributed by atoms with van der Waals surface area (Å²) in [5.74, 6) is 0.0172. The van der Waals surface area contributed by atoms with Crippen LogP contribution >= 0.6 is 0 Å². The Morgan fingerprint density at radius 1 is 0.879 bits per heavy atom. The normalized spacial score (nSPS) is 15.1. The number of anilines is 1. The summed E-state index contributed by atoms with van der Waals surface area (Å²) in [6, 6.07) is 26.8. The molecular formula is C26H28N4O3. The van der Waals surface area contributed by atoms with Crippen molar-refractivity contribution < 1.29 is 9.72 Å². The Morgan fingerprint density at radius 2 is 1.48 bits per heavy atom. The standard InChI is InChI=1S/C26H28N4O3/c31-26(27-25(22-9-5-2-6-10-22)19-21-7-3-1-4-8-21)20-28-15-17-29(18-16-28)23-11-13-24(14-12-23)30(32)33/h1-14,25H,15-20H2,(H,27,31). The van der Waals surface area contributed by atoms with Crippen LogP contribution in [0, 0.1) is 10.1 Å². The van der Waals surface area contributed by atoms with Crippen LogP contribution in [0.25, 0.3) is 0 Å². The fourth-order valence-corrected chi connectivity index (χ4v) is 4.18. The zero-order valence-corrected chi connectivity index (χ0v) is 18.5. The highest BCUT2D eigenvalue weighted by Crippen LogP contribution is 2.21. The van der Waals surface area contributed by atoms with Crippen LogP contribution in [0.3, 0.4) is 0 Å². The Labute approximate surface area is 193 Å². The molecule has 3 aromatic carbocycles. The number of carbonyl (C=O) groups excluding carboxylic acids is 1. The number of piperazine rings is 1. The monoisotopic (exact) mass is 444 g/mol. The van der Waals surface area contributed by atoms with E-state index in [1.807, 2.05) is 36.4 Å². The van der Waals surface area contributed by atoms with Crippen molar-refractivity contribution in [1.29, 1.82) is 0 Å². The van der Waals surface area contributed by atoms with Crippen LogP contribution in [0.5, 0.6) is 0 Å². The van der Waals surface area contributed by atoms with Gasteiger partial charge < -0.3 is 10.2 Å². The molecule has 33 heavy (non-hydrogen) atoms. The Kier molecular flexibility index (Phi) is 7.32. The number of rotatable bonds is 8. The van der Waals surface area contributed by atoms with Gasteiger partial charge in [-0.1, -0.05) is 60.7 Å². The predicted octanol–water partition coefficient (Wildman–Crippen LogP) is 3.82. The average molecular weight is 445 g/mol. The van der Waals surface area contributed by atoms with E-state index in [9.17, 15) is 14.9 Å². The van der Waals surface area contributed by atoms with Crippen LogP contribution in [0.15, 0.2) is 84.9 Å². The summed E-state index contributed by atoms with van der Waals surface area (Å²) in [4.78, 5) is 27.7. The van der Waals surface area contributed by atoms with E-state index in [2.05, 4.69) is 39.4 Å². The molecule has 1 aliphatic heterocycles. The quantitative estimate of drug-likeness (QED) is 0.422. The smallest absolute Gasteiger partial charge is 0.269 e. The van der Waals surface area contributed by atoms with E-state index in [0.717, 1.165) is 43.9 Å². The molecule has 1 N–H and O–H groups in total. The Morgan fingerprint density at radius 3 is 2.09 bits per heavy atom. The van der Waals surface area contributed by atoms with Gasteiger partial charge >= 0.3 is 0 Å². The molecule has 1 saturated heterocycles. The van der Waals surface area contributed by atoms with Gasteiger partial charge in [-0.3, -0.25) is 19.8 Å². The number of nitro groups is 1. The van der Waals surface area contributed by atoms with Gasteiger partial charge in [-0.25, -0.2) is 0 Å². The predicted molar refractivity (Wildman–Crippen MR) is 129 cm³/mol. The summed E-state index contributed by atoms with van der Waals surface area (Å²) in [6.45, 7) is 3.43. The topological polar surface area (TPSA) is 78.7 Å². The lowest BCUT2D eigenvalue weighted by Crippen LogP contribution is -2.50. The molecule has 0 radical (unpaired) electrons. The summed E-state index contributed by atoms with van der Waals surface area (Å²) >= 11 is 0. The van der Waals surface area contributed by atoms with Gasteiger partial charge in [0.05, 0.1) is 17.5 Å². The molecule has 1 atom stereocenters. The number of benzene rings is 3. The van der Waals surface area contributed by atoms with Gasteiger partial charge in [0.25, 0.3) is 5.69 Å². The number of nitrogens with zero attached hydrogens (tertiary/aromatic N) is 3. The van der Waals surface area contributed by atoms with E-state index < -0.39 is 0 Å². The second-order valence-corrected chi connectivity index (χ2v) is 8.26. The maximum Gasteiger partial charge on any atom is 0.269 e. The van der Waals surface area contributed by atoms with Crippen molar-refractivity contribution in [3.05, 3.63) is 106 Å². The Bertz CT molecular complexity index is 1050. The second-order valence-electron chi connectivity index (χ2n) is 8.26. The van der Waals surface area contributed by atoms with E-state index in [-0.39, 0.29) is 22.6 Å². The SMILES string of the molecule is O=C(CN1CCN(c2ccc([N+](=O)[O-])cc2)CC1)NC(Cc1ccccc1)c1ccccc1. The van der Waals surface area contributed by atoms with E-state index in [4.69, 9.17) is 0 Å². The minimum Gasteiger partial charge on any atom is -0.369 e. The van der Waals surface area contributed by atoms with Gasteiger partial charge in [-0.15, -0.1) is 0 Å². The molecule has 170 valence electrons. The van der Waals surface area contributed by atoms with Crippen LogP contribution in [-0.4, -0.2) is 48.5 Å². The third-order valence-corrected chi connectivity index (χ3v) is 5.98. The molecule has 7 nitrogen and oxygen atoms in total. The maximum atomic E-state index is 12.9. The first-order valence-corrected chi connectivity index (χ1v) is 11.2. The molecule has 4 rings (SSSR count). The third kappa shape index (κ3) is 6.17. The van der Waals surface area contributed by atoms with Crippen molar-refractivity contribution in [3.63, 3.8) is 0 Å². The van der Waals surface area contributed by atoms with Crippen LogP contribution in [-0.2, 0) is 11.2 Å². The number of amides is 1. The molecule has 1 heterocycles. The van der Waals surface area contributed by atoms with Crippen LogP contribution < -0.4 is 10.2 Å². The third-order valence-electron chi connectivity index (χ3n) is 5.98. The molecule has 1 aliphatic rings. The summed E-state index contributed by atoms with van der Waals surface area (Å²) in [5.41, 5.74) is 3.34. The highest BCUT2D eigenvalue weighted by atomic mass is 16.6. The van der Waals surface area contributed by atoms with Crippen molar-refractivity contribution >= 4 is 17.3 Å². The molecule has 0 bridgehead atoms. The van der Waals surface area contributed by atoms with Crippen molar-refractivity contribution in [2.75, 3.05) is 37.6 Å². The molecule has 0 saturated carbocycles. The lowest BCUT2D eigenvalue weighted by molar-refractivity contribution is -0.384. The van der Waals surface area contributed by atoms with Gasteiger partial charge in [0.15, 0.2) is 0 Å². The van der Waals surface area contributed by atoms with E-state index in [0.29, 0.717) is 6.54 Å². The molecule has 7 heteroatoms. The molecule has 1 amide bonds. The summed E-state index contributed by atoms with van der Waals surface area (Å²) in [6.07, 6.45) is 0.741. The van der Waals surface area contributed by atoms with E-state index >= 15 is 0 Å². The molecule has 0 spiro atoms. The Hall–Kier alpha value is -3.71. The molecule has 0 aliphatic carbocycles. The van der Waals surface area contributed by atoms with E-state index in [1.165, 1.54) is 17.7 Å². The first-order valence-electron chi connectivity index (χ1n) is 11.2. The number of nitro benzene ring substituents is 1. The Balaban J connectivity index is 1.32. The largest absolute Gasteiger partial charge is 0.369 e. The minimum absolute atomic E-state index is 0.0172. The molecule has 1 fully saturated rings.